The second-order valence-electron chi connectivity index (χ2n) is 3.96. The summed E-state index contributed by atoms with van der Waals surface area (Å²) in [6, 6.07) is 12.1. The molecule has 2 aromatic carbocycles. The summed E-state index contributed by atoms with van der Waals surface area (Å²) in [6.07, 6.45) is 0.651. The van der Waals surface area contributed by atoms with Crippen LogP contribution in [0.4, 0.5) is 4.39 Å². The van der Waals surface area contributed by atoms with Crippen LogP contribution in [0.1, 0.15) is 16.5 Å². The maximum atomic E-state index is 12.8. The normalized spacial score (nSPS) is 12.4. The van der Waals surface area contributed by atoms with Crippen molar-refractivity contribution in [1.29, 1.82) is 0 Å². The van der Waals surface area contributed by atoms with Gasteiger partial charge in [0, 0.05) is 8.59 Å². The van der Waals surface area contributed by atoms with Gasteiger partial charge < -0.3 is 0 Å². The summed E-state index contributed by atoms with van der Waals surface area (Å²) < 4.78 is 13.9. The van der Waals surface area contributed by atoms with Gasteiger partial charge in [0.05, 0.1) is 5.38 Å². The molecule has 0 N–H and O–H groups in total. The Morgan fingerprint density at radius 1 is 1.11 bits per heavy atom. The van der Waals surface area contributed by atoms with Gasteiger partial charge >= 0.3 is 0 Å². The summed E-state index contributed by atoms with van der Waals surface area (Å²) >= 11 is 14.6. The van der Waals surface area contributed by atoms with Crippen LogP contribution in [0.3, 0.4) is 0 Å². The molecule has 0 aromatic heterocycles. The number of rotatable bonds is 3. The monoisotopic (exact) mass is 394 g/mol. The lowest BCUT2D eigenvalue weighted by Crippen LogP contribution is -1.98. The van der Waals surface area contributed by atoms with Crippen LogP contribution in [0.5, 0.6) is 0 Å². The predicted molar refractivity (Wildman–Crippen MR) is 82.9 cm³/mol. The maximum absolute atomic E-state index is 12.8. The van der Waals surface area contributed by atoms with Crippen molar-refractivity contribution in [2.45, 2.75) is 11.8 Å². The Morgan fingerprint density at radius 2 is 1.78 bits per heavy atom. The molecule has 0 saturated heterocycles. The van der Waals surface area contributed by atoms with Gasteiger partial charge in [0.1, 0.15) is 5.82 Å². The topological polar surface area (TPSA) is 0 Å². The summed E-state index contributed by atoms with van der Waals surface area (Å²) in [5.74, 6) is -0.234. The molecule has 0 aliphatic carbocycles. The molecule has 1 unspecified atom stereocenters. The summed E-state index contributed by atoms with van der Waals surface area (Å²) in [4.78, 5) is 0. The van der Waals surface area contributed by atoms with E-state index in [0.29, 0.717) is 11.4 Å². The molecular weight excluding hydrogens is 385 g/mol. The third-order valence-electron chi connectivity index (χ3n) is 2.62. The van der Waals surface area contributed by atoms with Gasteiger partial charge in [-0.25, -0.2) is 4.39 Å². The van der Waals surface area contributed by atoms with E-state index >= 15 is 0 Å². The SMILES string of the molecule is Fc1ccc(CC(Cl)c2cc(Cl)ccc2I)cc1. The smallest absolute Gasteiger partial charge is 0.123 e. The zero-order valence-corrected chi connectivity index (χ0v) is 13.0. The van der Waals surface area contributed by atoms with E-state index < -0.39 is 0 Å². The number of benzene rings is 2. The van der Waals surface area contributed by atoms with Crippen molar-refractivity contribution in [1.82, 2.24) is 0 Å². The van der Waals surface area contributed by atoms with Crippen molar-refractivity contribution in [2.24, 2.45) is 0 Å². The molecule has 1 atom stereocenters. The van der Waals surface area contributed by atoms with E-state index in [1.807, 2.05) is 18.2 Å². The third kappa shape index (κ3) is 3.59. The number of halogens is 4. The van der Waals surface area contributed by atoms with Crippen LogP contribution in [0.2, 0.25) is 5.02 Å². The third-order valence-corrected chi connectivity index (χ3v) is 4.23. The van der Waals surface area contributed by atoms with Gasteiger partial charge in [0.2, 0.25) is 0 Å². The molecule has 0 aliphatic rings. The summed E-state index contributed by atoms with van der Waals surface area (Å²) in [6.45, 7) is 0. The van der Waals surface area contributed by atoms with Gasteiger partial charge in [-0.1, -0.05) is 23.7 Å². The lowest BCUT2D eigenvalue weighted by Gasteiger charge is -2.12. The molecule has 18 heavy (non-hydrogen) atoms. The van der Waals surface area contributed by atoms with E-state index in [1.54, 1.807) is 12.1 Å². The minimum absolute atomic E-state index is 0.166. The molecule has 2 rings (SSSR count). The highest BCUT2D eigenvalue weighted by Gasteiger charge is 2.13. The molecule has 0 heterocycles. The highest BCUT2D eigenvalue weighted by molar-refractivity contribution is 14.1. The van der Waals surface area contributed by atoms with Crippen molar-refractivity contribution < 1.29 is 4.39 Å². The van der Waals surface area contributed by atoms with Crippen molar-refractivity contribution in [3.63, 3.8) is 0 Å². The fourth-order valence-electron chi connectivity index (χ4n) is 1.69. The molecule has 4 heteroatoms. The lowest BCUT2D eigenvalue weighted by atomic mass is 10.0. The minimum Gasteiger partial charge on any atom is -0.207 e. The van der Waals surface area contributed by atoms with Crippen molar-refractivity contribution in [3.8, 4) is 0 Å². The largest absolute Gasteiger partial charge is 0.207 e. The van der Waals surface area contributed by atoms with E-state index in [2.05, 4.69) is 22.6 Å². The molecule has 0 saturated carbocycles. The van der Waals surface area contributed by atoms with E-state index in [1.165, 1.54) is 12.1 Å². The lowest BCUT2D eigenvalue weighted by molar-refractivity contribution is 0.627. The van der Waals surface area contributed by atoms with E-state index in [9.17, 15) is 4.39 Å². The molecule has 0 radical (unpaired) electrons. The molecule has 0 fully saturated rings. The Morgan fingerprint density at radius 3 is 2.44 bits per heavy atom. The van der Waals surface area contributed by atoms with Crippen LogP contribution in [0.25, 0.3) is 0 Å². The average molecular weight is 395 g/mol. The van der Waals surface area contributed by atoms with Gasteiger partial charge in [-0.15, -0.1) is 11.6 Å². The zero-order chi connectivity index (χ0) is 13.1. The number of alkyl halides is 1. The maximum Gasteiger partial charge on any atom is 0.123 e. The highest BCUT2D eigenvalue weighted by atomic mass is 127. The Balaban J connectivity index is 2.18. The fraction of sp³-hybridized carbons (Fsp3) is 0.143. The molecule has 0 aliphatic heterocycles. The molecule has 0 bridgehead atoms. The first-order valence-electron chi connectivity index (χ1n) is 5.40. The van der Waals surface area contributed by atoms with Gasteiger partial charge in [0.15, 0.2) is 0 Å². The van der Waals surface area contributed by atoms with Crippen LogP contribution in [0.15, 0.2) is 42.5 Å². The van der Waals surface area contributed by atoms with E-state index in [4.69, 9.17) is 23.2 Å². The van der Waals surface area contributed by atoms with E-state index in [-0.39, 0.29) is 11.2 Å². The van der Waals surface area contributed by atoms with Crippen LogP contribution >= 0.6 is 45.8 Å². The van der Waals surface area contributed by atoms with Gasteiger partial charge in [-0.2, -0.15) is 0 Å². The Labute approximate surface area is 129 Å². The standard InChI is InChI=1S/C14H10Cl2FI/c15-10-3-6-14(18)12(8-10)13(16)7-9-1-4-11(17)5-2-9/h1-6,8,13H,7H2. The highest BCUT2D eigenvalue weighted by Crippen LogP contribution is 2.30. The molecular formula is C14H10Cl2FI. The number of hydrogen-bond acceptors (Lipinski definition) is 0. The average Bonchev–Trinajstić information content (AvgIpc) is 2.35. The Hall–Kier alpha value is -0.320. The zero-order valence-electron chi connectivity index (χ0n) is 9.34. The first kappa shape index (κ1) is 14.1. The van der Waals surface area contributed by atoms with Crippen molar-refractivity contribution in [3.05, 3.63) is 68.0 Å². The second-order valence-corrected chi connectivity index (χ2v) is 6.09. The van der Waals surface area contributed by atoms with Gasteiger partial charge in [0.25, 0.3) is 0 Å². The minimum atomic E-state index is -0.234. The van der Waals surface area contributed by atoms with Gasteiger partial charge in [-0.05, 0) is 70.5 Å². The van der Waals surface area contributed by atoms with Crippen LogP contribution in [-0.2, 0) is 6.42 Å². The summed E-state index contributed by atoms with van der Waals surface area (Å²) in [7, 11) is 0. The Bertz CT molecular complexity index is 540. The molecule has 0 amide bonds. The first-order chi connectivity index (χ1) is 8.56. The Kier molecular flexibility index (Phi) is 4.87. The summed E-state index contributed by atoms with van der Waals surface area (Å²) in [5.41, 5.74) is 2.02. The summed E-state index contributed by atoms with van der Waals surface area (Å²) in [5, 5.41) is 0.510. The van der Waals surface area contributed by atoms with Crippen LogP contribution in [-0.4, -0.2) is 0 Å². The molecule has 0 spiro atoms. The molecule has 0 nitrogen and oxygen atoms in total. The van der Waals surface area contributed by atoms with Crippen LogP contribution in [0, 0.1) is 9.39 Å². The first-order valence-corrected chi connectivity index (χ1v) is 7.29. The molecule has 2 aromatic rings. The quantitative estimate of drug-likeness (QED) is 0.469. The van der Waals surface area contributed by atoms with Crippen molar-refractivity contribution >= 4 is 45.8 Å². The molecule has 94 valence electrons. The number of hydrogen-bond donors (Lipinski definition) is 0. The van der Waals surface area contributed by atoms with Crippen molar-refractivity contribution in [2.75, 3.05) is 0 Å². The fourth-order valence-corrected chi connectivity index (χ4v) is 3.13. The second kappa shape index (κ2) is 6.22. The van der Waals surface area contributed by atoms with Gasteiger partial charge in [-0.3, -0.25) is 0 Å². The van der Waals surface area contributed by atoms with E-state index in [0.717, 1.165) is 14.7 Å². The predicted octanol–water partition coefficient (Wildman–Crippen LogP) is 5.61. The van der Waals surface area contributed by atoms with Crippen LogP contribution < -0.4 is 0 Å².